The summed E-state index contributed by atoms with van der Waals surface area (Å²) in [7, 11) is 0. The van der Waals surface area contributed by atoms with Gasteiger partial charge in [0.25, 0.3) is 0 Å². The van der Waals surface area contributed by atoms with Crippen LogP contribution in [0.1, 0.15) is 25.8 Å². The first-order valence-corrected chi connectivity index (χ1v) is 7.78. The molecule has 1 saturated heterocycles. The third-order valence-corrected chi connectivity index (χ3v) is 5.11. The van der Waals surface area contributed by atoms with E-state index < -0.39 is 0 Å². The largest absolute Gasteiger partial charge is 0.384 e. The number of hydrogen-bond donors (Lipinski definition) is 2. The van der Waals surface area contributed by atoms with Crippen molar-refractivity contribution in [3.05, 3.63) is 28.8 Å². The maximum Gasteiger partial charge on any atom is 0.122 e. The molecule has 3 nitrogen and oxygen atoms in total. The second-order valence-electron chi connectivity index (χ2n) is 5.43. The molecule has 0 aromatic heterocycles. The number of amidine groups is 1. The molecule has 0 unspecified atom stereocenters. The normalized spacial score (nSPS) is 19.0. The van der Waals surface area contributed by atoms with E-state index in [9.17, 15) is 0 Å². The average Bonchev–Trinajstić information content (AvgIpc) is 2.50. The number of rotatable bonds is 2. The molecule has 5 heteroatoms. The molecule has 2 rings (SSSR count). The molecule has 104 valence electrons. The Bertz CT molecular complexity index is 488. The Morgan fingerprint density at radius 2 is 2.16 bits per heavy atom. The molecule has 1 aliphatic rings. The van der Waals surface area contributed by atoms with Crippen molar-refractivity contribution in [3.63, 3.8) is 0 Å². The highest BCUT2D eigenvalue weighted by molar-refractivity contribution is 8.00. The fourth-order valence-corrected chi connectivity index (χ4v) is 3.59. The van der Waals surface area contributed by atoms with Gasteiger partial charge in [0, 0.05) is 29.2 Å². The molecular formula is C14H20ClN3S. The number of nitrogen functional groups attached to an aromatic ring is 1. The van der Waals surface area contributed by atoms with Crippen molar-refractivity contribution in [2.75, 3.05) is 23.7 Å². The first-order chi connectivity index (χ1) is 8.89. The van der Waals surface area contributed by atoms with E-state index in [1.165, 1.54) is 0 Å². The molecule has 1 aliphatic heterocycles. The Kier molecular flexibility index (Phi) is 4.31. The molecule has 1 heterocycles. The van der Waals surface area contributed by atoms with Gasteiger partial charge < -0.3 is 10.6 Å². The summed E-state index contributed by atoms with van der Waals surface area (Å²) >= 11 is 8.35. The van der Waals surface area contributed by atoms with Crippen LogP contribution >= 0.6 is 23.4 Å². The van der Waals surface area contributed by atoms with Crippen LogP contribution in [0.25, 0.3) is 0 Å². The summed E-state index contributed by atoms with van der Waals surface area (Å²) in [5.41, 5.74) is 7.20. The topological polar surface area (TPSA) is 53.1 Å². The molecular weight excluding hydrogens is 278 g/mol. The third-order valence-electron chi connectivity index (χ3n) is 3.44. The lowest BCUT2D eigenvalue weighted by atomic mass is 10.1. The summed E-state index contributed by atoms with van der Waals surface area (Å²) in [6.07, 6.45) is 1.14. The van der Waals surface area contributed by atoms with Crippen LogP contribution in [-0.4, -0.2) is 29.4 Å². The SMILES string of the molecule is CC1(C)CCN(c2ccc(C(=N)N)cc2Cl)CCS1. The Hall–Kier alpha value is -0.870. The number of thioether (sulfide) groups is 1. The molecule has 19 heavy (non-hydrogen) atoms. The number of halogens is 1. The van der Waals surface area contributed by atoms with Gasteiger partial charge in [-0.15, -0.1) is 0 Å². The lowest BCUT2D eigenvalue weighted by Gasteiger charge is -2.25. The standard InChI is InChI=1S/C14H20ClN3S/c1-14(2)5-6-18(7-8-19-14)12-4-3-10(13(16)17)9-11(12)15/h3-4,9H,5-8H2,1-2H3,(H3,16,17). The predicted octanol–water partition coefficient (Wildman–Crippen LogP) is 3.35. The van der Waals surface area contributed by atoms with Crippen molar-refractivity contribution in [2.24, 2.45) is 5.73 Å². The van der Waals surface area contributed by atoms with Gasteiger partial charge in [-0.2, -0.15) is 11.8 Å². The lowest BCUT2D eigenvalue weighted by molar-refractivity contribution is 0.638. The van der Waals surface area contributed by atoms with Crippen LogP contribution in [0.5, 0.6) is 0 Å². The number of anilines is 1. The highest BCUT2D eigenvalue weighted by Crippen LogP contribution is 2.34. The van der Waals surface area contributed by atoms with E-state index in [1.807, 2.05) is 23.9 Å². The molecule has 3 N–H and O–H groups in total. The van der Waals surface area contributed by atoms with Crippen LogP contribution in [0.4, 0.5) is 5.69 Å². The molecule has 1 aromatic rings. The zero-order chi connectivity index (χ0) is 14.0. The molecule has 0 radical (unpaired) electrons. The minimum atomic E-state index is 0.0565. The summed E-state index contributed by atoms with van der Waals surface area (Å²) in [6, 6.07) is 5.62. The van der Waals surface area contributed by atoms with Gasteiger partial charge in [0.2, 0.25) is 0 Å². The molecule has 0 saturated carbocycles. The fourth-order valence-electron chi connectivity index (χ4n) is 2.19. The summed E-state index contributed by atoms with van der Waals surface area (Å²) in [5, 5.41) is 8.11. The first-order valence-electron chi connectivity index (χ1n) is 6.42. The van der Waals surface area contributed by atoms with E-state index in [4.69, 9.17) is 22.7 Å². The summed E-state index contributed by atoms with van der Waals surface area (Å²) in [6.45, 7) is 6.61. The molecule has 1 fully saturated rings. The molecule has 0 bridgehead atoms. The number of hydrogen-bond acceptors (Lipinski definition) is 3. The summed E-state index contributed by atoms with van der Waals surface area (Å²) < 4.78 is 0.334. The maximum atomic E-state index is 7.44. The van der Waals surface area contributed by atoms with Gasteiger partial charge in [0.1, 0.15) is 5.84 Å². The predicted molar refractivity (Wildman–Crippen MR) is 85.8 cm³/mol. The quantitative estimate of drug-likeness (QED) is 0.650. The van der Waals surface area contributed by atoms with Crippen molar-refractivity contribution >= 4 is 34.9 Å². The van der Waals surface area contributed by atoms with Gasteiger partial charge in [0.15, 0.2) is 0 Å². The van der Waals surface area contributed by atoms with Crippen LogP contribution in [0, 0.1) is 5.41 Å². The summed E-state index contributed by atoms with van der Waals surface area (Å²) in [4.78, 5) is 2.33. The second-order valence-corrected chi connectivity index (χ2v) is 7.63. The minimum Gasteiger partial charge on any atom is -0.384 e. The van der Waals surface area contributed by atoms with Gasteiger partial charge in [-0.25, -0.2) is 0 Å². The van der Waals surface area contributed by atoms with Crippen LogP contribution < -0.4 is 10.6 Å². The zero-order valence-electron chi connectivity index (χ0n) is 11.4. The zero-order valence-corrected chi connectivity index (χ0v) is 12.9. The van der Waals surface area contributed by atoms with Gasteiger partial charge in [-0.3, -0.25) is 5.41 Å². The molecule has 0 amide bonds. The van der Waals surface area contributed by atoms with Crippen molar-refractivity contribution in [1.82, 2.24) is 0 Å². The second kappa shape index (κ2) is 5.63. The maximum absolute atomic E-state index is 7.44. The molecule has 0 spiro atoms. The van der Waals surface area contributed by atoms with Crippen LogP contribution in [-0.2, 0) is 0 Å². The Labute approximate surface area is 124 Å². The number of benzene rings is 1. The van der Waals surface area contributed by atoms with E-state index in [0.717, 1.165) is 31.0 Å². The average molecular weight is 298 g/mol. The molecule has 1 aromatic carbocycles. The Morgan fingerprint density at radius 1 is 1.42 bits per heavy atom. The van der Waals surface area contributed by atoms with E-state index in [0.29, 0.717) is 15.3 Å². The van der Waals surface area contributed by atoms with Crippen molar-refractivity contribution in [3.8, 4) is 0 Å². The lowest BCUT2D eigenvalue weighted by Crippen LogP contribution is -2.27. The number of nitrogens with zero attached hydrogens (tertiary/aromatic N) is 1. The molecule has 0 atom stereocenters. The van der Waals surface area contributed by atoms with E-state index in [-0.39, 0.29) is 5.84 Å². The van der Waals surface area contributed by atoms with Gasteiger partial charge in [0.05, 0.1) is 10.7 Å². The van der Waals surface area contributed by atoms with E-state index >= 15 is 0 Å². The van der Waals surface area contributed by atoms with Crippen LogP contribution in [0.15, 0.2) is 18.2 Å². The van der Waals surface area contributed by atoms with Crippen LogP contribution in [0.3, 0.4) is 0 Å². The van der Waals surface area contributed by atoms with Gasteiger partial charge >= 0.3 is 0 Å². The van der Waals surface area contributed by atoms with Crippen LogP contribution in [0.2, 0.25) is 5.02 Å². The smallest absolute Gasteiger partial charge is 0.122 e. The van der Waals surface area contributed by atoms with Crippen molar-refractivity contribution < 1.29 is 0 Å². The van der Waals surface area contributed by atoms with Gasteiger partial charge in [-0.1, -0.05) is 25.4 Å². The number of nitrogens with two attached hydrogens (primary N) is 1. The Balaban J connectivity index is 2.20. The first kappa shape index (κ1) is 14.5. The fraction of sp³-hybridized carbons (Fsp3) is 0.500. The monoisotopic (exact) mass is 297 g/mol. The highest BCUT2D eigenvalue weighted by Gasteiger charge is 2.24. The van der Waals surface area contributed by atoms with E-state index in [1.54, 1.807) is 6.07 Å². The van der Waals surface area contributed by atoms with Crippen molar-refractivity contribution in [2.45, 2.75) is 25.0 Å². The third kappa shape index (κ3) is 3.57. The number of nitrogens with one attached hydrogen (secondary N) is 1. The van der Waals surface area contributed by atoms with E-state index in [2.05, 4.69) is 18.7 Å². The van der Waals surface area contributed by atoms with Crippen molar-refractivity contribution in [1.29, 1.82) is 5.41 Å². The highest BCUT2D eigenvalue weighted by atomic mass is 35.5. The van der Waals surface area contributed by atoms with Gasteiger partial charge in [-0.05, 0) is 24.6 Å². The summed E-state index contributed by atoms with van der Waals surface area (Å²) in [5.74, 6) is 1.17. The molecule has 0 aliphatic carbocycles. The minimum absolute atomic E-state index is 0.0565. The Morgan fingerprint density at radius 3 is 2.79 bits per heavy atom.